The highest BCUT2D eigenvalue weighted by Gasteiger charge is 2.30. The van der Waals surface area contributed by atoms with Crippen LogP contribution in [0.5, 0.6) is 0 Å². The molecular formula is C19H22F3N3OS. The summed E-state index contributed by atoms with van der Waals surface area (Å²) in [5, 5.41) is 16.4. The van der Waals surface area contributed by atoms with Crippen molar-refractivity contribution >= 4 is 26.7 Å². The number of halogens is 3. The molecule has 146 valence electrons. The molecule has 0 saturated carbocycles. The highest BCUT2D eigenvalue weighted by Crippen LogP contribution is 2.34. The van der Waals surface area contributed by atoms with Crippen LogP contribution in [0.1, 0.15) is 18.4 Å². The fourth-order valence-corrected chi connectivity index (χ4v) is 3.84. The molecule has 1 unspecified atom stereocenters. The first-order chi connectivity index (χ1) is 13.0. The summed E-state index contributed by atoms with van der Waals surface area (Å²) in [5.41, 5.74) is 1.20. The first kappa shape index (κ1) is 19.9. The SMILES string of the molecule is OCC1C=CC=C(CNCCCNc2nc3ccc(C(F)(F)F)cc3s2)C1. The van der Waals surface area contributed by atoms with Gasteiger partial charge in [0.25, 0.3) is 0 Å². The third-order valence-corrected chi connectivity index (χ3v) is 5.32. The van der Waals surface area contributed by atoms with Gasteiger partial charge in [-0.05, 0) is 37.6 Å². The lowest BCUT2D eigenvalue weighted by molar-refractivity contribution is -0.137. The molecule has 3 rings (SSSR count). The second-order valence-corrected chi connectivity index (χ2v) is 7.54. The lowest BCUT2D eigenvalue weighted by Crippen LogP contribution is -2.22. The molecule has 0 saturated heterocycles. The Hall–Kier alpha value is -1.90. The molecule has 1 aliphatic rings. The smallest absolute Gasteiger partial charge is 0.396 e. The van der Waals surface area contributed by atoms with Crippen LogP contribution in [0.2, 0.25) is 0 Å². The lowest BCUT2D eigenvalue weighted by Gasteiger charge is -2.16. The number of aliphatic hydroxyl groups excluding tert-OH is 1. The van der Waals surface area contributed by atoms with E-state index >= 15 is 0 Å². The molecule has 0 radical (unpaired) electrons. The second kappa shape index (κ2) is 8.86. The van der Waals surface area contributed by atoms with Gasteiger partial charge in [0.05, 0.1) is 15.8 Å². The van der Waals surface area contributed by atoms with Gasteiger partial charge in [0, 0.05) is 25.6 Å². The summed E-state index contributed by atoms with van der Waals surface area (Å²) in [6.07, 6.45) is 3.50. The topological polar surface area (TPSA) is 57.2 Å². The molecule has 0 spiro atoms. The molecule has 1 aliphatic carbocycles. The molecule has 1 heterocycles. The van der Waals surface area contributed by atoms with E-state index in [-0.39, 0.29) is 12.5 Å². The summed E-state index contributed by atoms with van der Waals surface area (Å²) in [6.45, 7) is 2.48. The van der Waals surface area contributed by atoms with E-state index < -0.39 is 11.7 Å². The Morgan fingerprint density at radius 1 is 1.26 bits per heavy atom. The number of benzene rings is 1. The van der Waals surface area contributed by atoms with E-state index in [4.69, 9.17) is 0 Å². The van der Waals surface area contributed by atoms with E-state index in [2.05, 4.69) is 21.7 Å². The van der Waals surface area contributed by atoms with Gasteiger partial charge in [-0.15, -0.1) is 0 Å². The molecule has 27 heavy (non-hydrogen) atoms. The molecule has 1 atom stereocenters. The quantitative estimate of drug-likeness (QED) is 0.585. The summed E-state index contributed by atoms with van der Waals surface area (Å²) >= 11 is 1.23. The Bertz CT molecular complexity index is 829. The molecule has 0 amide bonds. The standard InChI is InChI=1S/C19H22F3N3OS/c20-19(21,22)15-5-6-16-17(10-15)27-18(25-16)24-8-2-7-23-11-13-3-1-4-14(9-13)12-26/h1,3-6,10,14,23,26H,2,7-9,11-12H2,(H,24,25). The van der Waals surface area contributed by atoms with Crippen molar-refractivity contribution in [2.45, 2.75) is 19.0 Å². The number of alkyl halides is 3. The van der Waals surface area contributed by atoms with Crippen molar-refractivity contribution in [2.75, 3.05) is 31.6 Å². The van der Waals surface area contributed by atoms with Gasteiger partial charge in [-0.1, -0.05) is 35.1 Å². The summed E-state index contributed by atoms with van der Waals surface area (Å²) in [7, 11) is 0. The van der Waals surface area contributed by atoms with Crippen molar-refractivity contribution in [1.29, 1.82) is 0 Å². The van der Waals surface area contributed by atoms with E-state index in [1.54, 1.807) is 0 Å². The molecule has 4 nitrogen and oxygen atoms in total. The Kier molecular flexibility index (Phi) is 6.51. The Morgan fingerprint density at radius 3 is 2.89 bits per heavy atom. The van der Waals surface area contributed by atoms with Crippen LogP contribution in [0.4, 0.5) is 18.3 Å². The normalized spacial score (nSPS) is 17.3. The molecule has 1 aromatic carbocycles. The van der Waals surface area contributed by atoms with Crippen molar-refractivity contribution in [3.63, 3.8) is 0 Å². The van der Waals surface area contributed by atoms with Crippen molar-refractivity contribution in [3.8, 4) is 0 Å². The van der Waals surface area contributed by atoms with E-state index in [0.29, 0.717) is 21.9 Å². The summed E-state index contributed by atoms with van der Waals surface area (Å²) in [5.74, 6) is 0.213. The third-order valence-electron chi connectivity index (χ3n) is 4.35. The van der Waals surface area contributed by atoms with Gasteiger partial charge < -0.3 is 15.7 Å². The monoisotopic (exact) mass is 397 g/mol. The van der Waals surface area contributed by atoms with Gasteiger partial charge >= 0.3 is 6.18 Å². The second-order valence-electron chi connectivity index (χ2n) is 6.51. The van der Waals surface area contributed by atoms with Gasteiger partial charge in [0.2, 0.25) is 0 Å². The molecular weight excluding hydrogens is 375 g/mol. The number of nitrogens with zero attached hydrogens (tertiary/aromatic N) is 1. The highest BCUT2D eigenvalue weighted by atomic mass is 32.1. The number of aliphatic hydroxyl groups is 1. The molecule has 8 heteroatoms. The van der Waals surface area contributed by atoms with Crippen molar-refractivity contribution in [2.24, 2.45) is 5.92 Å². The van der Waals surface area contributed by atoms with Crippen LogP contribution in [0.15, 0.2) is 42.0 Å². The molecule has 2 aromatic rings. The first-order valence-electron chi connectivity index (χ1n) is 8.85. The van der Waals surface area contributed by atoms with Gasteiger partial charge in [-0.2, -0.15) is 13.2 Å². The zero-order valence-electron chi connectivity index (χ0n) is 14.7. The number of hydrogen-bond donors (Lipinski definition) is 3. The molecule has 1 aromatic heterocycles. The van der Waals surface area contributed by atoms with Crippen LogP contribution in [0.25, 0.3) is 10.2 Å². The van der Waals surface area contributed by atoms with E-state index in [0.717, 1.165) is 38.1 Å². The number of anilines is 1. The maximum atomic E-state index is 12.8. The van der Waals surface area contributed by atoms with Crippen molar-refractivity contribution in [3.05, 3.63) is 47.6 Å². The van der Waals surface area contributed by atoms with Crippen LogP contribution in [0, 0.1) is 5.92 Å². The number of hydrogen-bond acceptors (Lipinski definition) is 5. The summed E-state index contributed by atoms with van der Waals surface area (Å²) in [4.78, 5) is 4.32. The minimum atomic E-state index is -4.34. The number of rotatable bonds is 8. The highest BCUT2D eigenvalue weighted by molar-refractivity contribution is 7.22. The molecule has 0 bridgehead atoms. The number of allylic oxidation sites excluding steroid dienone is 2. The number of nitrogens with one attached hydrogen (secondary N) is 2. The van der Waals surface area contributed by atoms with Crippen LogP contribution < -0.4 is 10.6 Å². The summed E-state index contributed by atoms with van der Waals surface area (Å²) in [6, 6.07) is 3.62. The average Bonchev–Trinajstić information content (AvgIpc) is 3.06. The minimum absolute atomic E-state index is 0.171. The maximum absolute atomic E-state index is 12.8. The fourth-order valence-electron chi connectivity index (χ4n) is 2.91. The maximum Gasteiger partial charge on any atom is 0.416 e. The predicted octanol–water partition coefficient (Wildman–Crippen LogP) is 4.20. The zero-order chi connectivity index (χ0) is 19.3. The summed E-state index contributed by atoms with van der Waals surface area (Å²) < 4.78 is 38.8. The van der Waals surface area contributed by atoms with Gasteiger partial charge in [-0.25, -0.2) is 4.98 Å². The van der Waals surface area contributed by atoms with Gasteiger partial charge in [0.1, 0.15) is 0 Å². The van der Waals surface area contributed by atoms with Crippen LogP contribution in [0.3, 0.4) is 0 Å². The first-order valence-corrected chi connectivity index (χ1v) is 9.67. The molecule has 0 fully saturated rings. The number of fused-ring (bicyclic) bond motifs is 1. The van der Waals surface area contributed by atoms with E-state index in [1.807, 2.05) is 12.2 Å². The number of thiazole rings is 1. The van der Waals surface area contributed by atoms with Crippen LogP contribution >= 0.6 is 11.3 Å². The average molecular weight is 397 g/mol. The molecule has 0 aliphatic heterocycles. The van der Waals surface area contributed by atoms with Crippen molar-refractivity contribution in [1.82, 2.24) is 10.3 Å². The third kappa shape index (κ3) is 5.54. The predicted molar refractivity (Wildman–Crippen MR) is 103 cm³/mol. The zero-order valence-corrected chi connectivity index (χ0v) is 15.5. The Morgan fingerprint density at radius 2 is 2.11 bits per heavy atom. The van der Waals surface area contributed by atoms with E-state index in [1.165, 1.54) is 23.0 Å². The number of aromatic nitrogens is 1. The Labute approximate surface area is 159 Å². The van der Waals surface area contributed by atoms with E-state index in [9.17, 15) is 18.3 Å². The van der Waals surface area contributed by atoms with Crippen LogP contribution in [-0.4, -0.2) is 36.3 Å². The minimum Gasteiger partial charge on any atom is -0.396 e. The van der Waals surface area contributed by atoms with Gasteiger partial charge in [-0.3, -0.25) is 0 Å². The Balaban J connectivity index is 1.40. The lowest BCUT2D eigenvalue weighted by atomic mass is 9.95. The van der Waals surface area contributed by atoms with Crippen molar-refractivity contribution < 1.29 is 18.3 Å². The fraction of sp³-hybridized carbons (Fsp3) is 0.421. The van der Waals surface area contributed by atoms with Gasteiger partial charge in [0.15, 0.2) is 5.13 Å². The van der Waals surface area contributed by atoms with Crippen LogP contribution in [-0.2, 0) is 6.18 Å². The molecule has 3 N–H and O–H groups in total. The largest absolute Gasteiger partial charge is 0.416 e.